The Bertz CT molecular complexity index is 589. The fourth-order valence-corrected chi connectivity index (χ4v) is 3.13. The number of rotatable bonds is 7. The largest absolute Gasteiger partial charge is 0.385 e. The van der Waals surface area contributed by atoms with Gasteiger partial charge in [0.25, 0.3) is 0 Å². The van der Waals surface area contributed by atoms with Crippen LogP contribution in [0.5, 0.6) is 0 Å². The molecule has 1 aromatic heterocycles. The highest BCUT2D eigenvalue weighted by Crippen LogP contribution is 2.40. The van der Waals surface area contributed by atoms with Gasteiger partial charge in [0.15, 0.2) is 0 Å². The van der Waals surface area contributed by atoms with Crippen molar-refractivity contribution in [1.29, 1.82) is 0 Å². The highest BCUT2D eigenvalue weighted by Gasteiger charge is 2.49. The SMILES string of the molecule is COCCCNC(=O)C1CC1C(=O)N1CCN(c2ncccn2)CC1. The molecule has 136 valence electrons. The van der Waals surface area contributed by atoms with Crippen LogP contribution >= 0.6 is 0 Å². The quantitative estimate of drug-likeness (QED) is 0.694. The molecule has 0 aromatic carbocycles. The van der Waals surface area contributed by atoms with Crippen LogP contribution in [0.1, 0.15) is 12.8 Å². The first-order chi connectivity index (χ1) is 12.2. The third kappa shape index (κ3) is 4.45. The Hall–Kier alpha value is -2.22. The molecule has 1 aliphatic carbocycles. The van der Waals surface area contributed by atoms with E-state index < -0.39 is 0 Å². The van der Waals surface area contributed by atoms with E-state index in [-0.39, 0.29) is 23.7 Å². The minimum Gasteiger partial charge on any atom is -0.385 e. The van der Waals surface area contributed by atoms with Crippen LogP contribution in [0.25, 0.3) is 0 Å². The summed E-state index contributed by atoms with van der Waals surface area (Å²) in [6.07, 6.45) is 4.90. The molecule has 2 unspecified atom stereocenters. The lowest BCUT2D eigenvalue weighted by atomic mass is 10.2. The Kier molecular flexibility index (Phi) is 5.80. The molecule has 1 saturated carbocycles. The lowest BCUT2D eigenvalue weighted by Crippen LogP contribution is -2.50. The second-order valence-corrected chi connectivity index (χ2v) is 6.45. The van der Waals surface area contributed by atoms with Crippen LogP contribution in [0.15, 0.2) is 18.5 Å². The first kappa shape index (κ1) is 17.6. The van der Waals surface area contributed by atoms with E-state index in [9.17, 15) is 9.59 Å². The number of hydrogen-bond acceptors (Lipinski definition) is 6. The monoisotopic (exact) mass is 347 g/mol. The number of nitrogens with zero attached hydrogens (tertiary/aromatic N) is 4. The lowest BCUT2D eigenvalue weighted by molar-refractivity contribution is -0.135. The molecule has 1 aliphatic heterocycles. The van der Waals surface area contributed by atoms with E-state index in [2.05, 4.69) is 20.2 Å². The Balaban J connectivity index is 1.41. The second-order valence-electron chi connectivity index (χ2n) is 6.45. The maximum absolute atomic E-state index is 12.6. The molecule has 0 radical (unpaired) electrons. The number of anilines is 1. The summed E-state index contributed by atoms with van der Waals surface area (Å²) in [5, 5.41) is 2.88. The molecule has 2 fully saturated rings. The van der Waals surface area contributed by atoms with Gasteiger partial charge in [0.1, 0.15) is 0 Å². The standard InChI is InChI=1S/C17H25N5O3/c1-25-11-3-6-18-15(23)13-12-14(13)16(24)21-7-9-22(10-8-21)17-19-4-2-5-20-17/h2,4-5,13-14H,3,6-12H2,1H3,(H,18,23). The van der Waals surface area contributed by atoms with Crippen LogP contribution in [-0.2, 0) is 14.3 Å². The predicted molar refractivity (Wildman–Crippen MR) is 91.9 cm³/mol. The number of carbonyl (C=O) groups is 2. The van der Waals surface area contributed by atoms with Crippen molar-refractivity contribution in [3.63, 3.8) is 0 Å². The van der Waals surface area contributed by atoms with Crippen LogP contribution in [0, 0.1) is 11.8 Å². The van der Waals surface area contributed by atoms with Gasteiger partial charge in [0, 0.05) is 58.8 Å². The molecule has 8 heteroatoms. The lowest BCUT2D eigenvalue weighted by Gasteiger charge is -2.34. The Morgan fingerprint density at radius 3 is 2.60 bits per heavy atom. The molecule has 1 N–H and O–H groups in total. The maximum atomic E-state index is 12.6. The number of carbonyl (C=O) groups excluding carboxylic acids is 2. The van der Waals surface area contributed by atoms with Crippen molar-refractivity contribution in [3.8, 4) is 0 Å². The van der Waals surface area contributed by atoms with E-state index in [0.717, 1.165) is 19.5 Å². The zero-order chi connectivity index (χ0) is 17.6. The minimum atomic E-state index is -0.162. The van der Waals surface area contributed by atoms with Crippen molar-refractivity contribution in [2.24, 2.45) is 11.8 Å². The van der Waals surface area contributed by atoms with Crippen molar-refractivity contribution in [3.05, 3.63) is 18.5 Å². The average molecular weight is 347 g/mol. The number of methoxy groups -OCH3 is 1. The van der Waals surface area contributed by atoms with Gasteiger partial charge >= 0.3 is 0 Å². The Labute approximate surface area is 147 Å². The number of aromatic nitrogens is 2. The minimum absolute atomic E-state index is 0.00854. The maximum Gasteiger partial charge on any atom is 0.226 e. The summed E-state index contributed by atoms with van der Waals surface area (Å²) in [7, 11) is 1.64. The summed E-state index contributed by atoms with van der Waals surface area (Å²) >= 11 is 0. The van der Waals surface area contributed by atoms with Crippen LogP contribution in [-0.4, -0.2) is 73.1 Å². The molecular weight excluding hydrogens is 322 g/mol. The van der Waals surface area contributed by atoms with Crippen molar-refractivity contribution in [1.82, 2.24) is 20.2 Å². The van der Waals surface area contributed by atoms with Crippen LogP contribution in [0.2, 0.25) is 0 Å². The van der Waals surface area contributed by atoms with Crippen molar-refractivity contribution >= 4 is 17.8 Å². The molecule has 2 aliphatic rings. The first-order valence-electron chi connectivity index (χ1n) is 8.78. The molecule has 1 aromatic rings. The van der Waals surface area contributed by atoms with Crippen LogP contribution < -0.4 is 10.2 Å². The van der Waals surface area contributed by atoms with E-state index >= 15 is 0 Å². The van der Waals surface area contributed by atoms with Gasteiger partial charge in [-0.05, 0) is 18.9 Å². The third-order valence-corrected chi connectivity index (χ3v) is 4.70. The summed E-state index contributed by atoms with van der Waals surface area (Å²) in [6.45, 7) is 3.96. The number of ether oxygens (including phenoxy) is 1. The molecule has 0 spiro atoms. The Morgan fingerprint density at radius 1 is 1.20 bits per heavy atom. The summed E-state index contributed by atoms with van der Waals surface area (Å²) in [6, 6.07) is 1.79. The summed E-state index contributed by atoms with van der Waals surface area (Å²) in [5.74, 6) is 0.485. The molecule has 3 rings (SSSR count). The summed E-state index contributed by atoms with van der Waals surface area (Å²) in [4.78, 5) is 37.1. The second kappa shape index (κ2) is 8.24. The van der Waals surface area contributed by atoms with Crippen molar-refractivity contribution in [2.45, 2.75) is 12.8 Å². The summed E-state index contributed by atoms with van der Waals surface area (Å²) < 4.78 is 4.95. The van der Waals surface area contributed by atoms with Gasteiger partial charge in [-0.2, -0.15) is 0 Å². The normalized spacial score (nSPS) is 22.6. The predicted octanol–water partition coefficient (Wildman–Crippen LogP) is -0.0860. The summed E-state index contributed by atoms with van der Waals surface area (Å²) in [5.41, 5.74) is 0. The molecule has 8 nitrogen and oxygen atoms in total. The van der Waals surface area contributed by atoms with Gasteiger partial charge in [0.2, 0.25) is 17.8 Å². The van der Waals surface area contributed by atoms with Gasteiger partial charge < -0.3 is 19.9 Å². The highest BCUT2D eigenvalue weighted by atomic mass is 16.5. The molecule has 1 saturated heterocycles. The molecule has 25 heavy (non-hydrogen) atoms. The number of piperazine rings is 1. The number of hydrogen-bond donors (Lipinski definition) is 1. The van der Waals surface area contributed by atoms with E-state index in [4.69, 9.17) is 4.74 Å². The van der Waals surface area contributed by atoms with Gasteiger partial charge in [-0.25, -0.2) is 9.97 Å². The first-order valence-corrected chi connectivity index (χ1v) is 8.78. The Morgan fingerprint density at radius 2 is 1.92 bits per heavy atom. The number of nitrogens with one attached hydrogen (secondary N) is 1. The smallest absolute Gasteiger partial charge is 0.226 e. The highest BCUT2D eigenvalue weighted by molar-refractivity contribution is 5.92. The number of amides is 2. The molecular formula is C17H25N5O3. The van der Waals surface area contributed by atoms with Crippen LogP contribution in [0.3, 0.4) is 0 Å². The molecule has 2 amide bonds. The van der Waals surface area contributed by atoms with Crippen LogP contribution in [0.4, 0.5) is 5.95 Å². The fourth-order valence-electron chi connectivity index (χ4n) is 3.13. The van der Waals surface area contributed by atoms with Crippen molar-refractivity contribution in [2.75, 3.05) is 51.3 Å². The van der Waals surface area contributed by atoms with E-state index in [1.807, 2.05) is 4.90 Å². The fraction of sp³-hybridized carbons (Fsp3) is 0.647. The van der Waals surface area contributed by atoms with E-state index in [1.165, 1.54) is 0 Å². The van der Waals surface area contributed by atoms with E-state index in [0.29, 0.717) is 38.6 Å². The third-order valence-electron chi connectivity index (χ3n) is 4.70. The molecule has 2 heterocycles. The van der Waals surface area contributed by atoms with E-state index in [1.54, 1.807) is 25.6 Å². The average Bonchev–Trinajstić information content (AvgIpc) is 3.46. The van der Waals surface area contributed by atoms with Gasteiger partial charge in [0.05, 0.1) is 11.8 Å². The zero-order valence-electron chi connectivity index (χ0n) is 14.6. The van der Waals surface area contributed by atoms with Gasteiger partial charge in [-0.3, -0.25) is 9.59 Å². The zero-order valence-corrected chi connectivity index (χ0v) is 14.6. The van der Waals surface area contributed by atoms with Gasteiger partial charge in [-0.15, -0.1) is 0 Å². The molecule has 2 atom stereocenters. The topological polar surface area (TPSA) is 87.7 Å². The molecule has 0 bridgehead atoms. The van der Waals surface area contributed by atoms with Crippen molar-refractivity contribution < 1.29 is 14.3 Å². The van der Waals surface area contributed by atoms with Gasteiger partial charge in [-0.1, -0.05) is 0 Å².